The van der Waals surface area contributed by atoms with Gasteiger partial charge in [-0.1, -0.05) is 11.6 Å². The van der Waals surface area contributed by atoms with Gasteiger partial charge in [0.15, 0.2) is 0 Å². The van der Waals surface area contributed by atoms with Crippen LogP contribution in [0, 0.1) is 5.41 Å². The molecule has 146 valence electrons. The molecule has 1 aromatic rings. The molecule has 0 aliphatic carbocycles. The lowest BCUT2D eigenvalue weighted by Crippen LogP contribution is -2.51. The summed E-state index contributed by atoms with van der Waals surface area (Å²) in [6.45, 7) is 3.91. The van der Waals surface area contributed by atoms with Gasteiger partial charge >= 0.3 is 6.03 Å². The molecule has 1 aromatic carbocycles. The van der Waals surface area contributed by atoms with Crippen LogP contribution in [0.2, 0.25) is 5.02 Å². The van der Waals surface area contributed by atoms with Crippen LogP contribution in [0.5, 0.6) is 0 Å². The molecule has 3 amide bonds. The summed E-state index contributed by atoms with van der Waals surface area (Å²) in [6.07, 6.45) is 3.43. The van der Waals surface area contributed by atoms with Crippen molar-refractivity contribution in [3.8, 4) is 0 Å². The highest BCUT2D eigenvalue weighted by molar-refractivity contribution is 6.30. The van der Waals surface area contributed by atoms with E-state index in [0.717, 1.165) is 56.0 Å². The summed E-state index contributed by atoms with van der Waals surface area (Å²) >= 11 is 5.96. The van der Waals surface area contributed by atoms with E-state index in [4.69, 9.17) is 11.6 Å². The number of carbonyl (C=O) groups excluding carboxylic acids is 2. The molecule has 3 aliphatic heterocycles. The van der Waals surface area contributed by atoms with Crippen LogP contribution in [0.1, 0.15) is 25.7 Å². The Balaban J connectivity index is 1.28. The van der Waals surface area contributed by atoms with Crippen LogP contribution in [0.3, 0.4) is 0 Å². The second kappa shape index (κ2) is 7.23. The predicted molar refractivity (Wildman–Crippen MR) is 106 cm³/mol. The first-order valence-corrected chi connectivity index (χ1v) is 10.2. The lowest BCUT2D eigenvalue weighted by molar-refractivity contribution is -0.137. The zero-order chi connectivity index (χ0) is 19.0. The Labute approximate surface area is 165 Å². The third-order valence-electron chi connectivity index (χ3n) is 6.44. The molecule has 6 nitrogen and oxygen atoms in total. The van der Waals surface area contributed by atoms with Gasteiger partial charge in [0.05, 0.1) is 5.41 Å². The molecule has 1 spiro atoms. The zero-order valence-electron chi connectivity index (χ0n) is 15.8. The summed E-state index contributed by atoms with van der Waals surface area (Å²) in [5.41, 5.74) is 0.921. The third kappa shape index (κ3) is 3.59. The number of nitrogens with one attached hydrogen (secondary N) is 1. The second-order valence-electron chi connectivity index (χ2n) is 8.10. The summed E-state index contributed by atoms with van der Waals surface area (Å²) in [4.78, 5) is 31.1. The van der Waals surface area contributed by atoms with Crippen LogP contribution >= 0.6 is 11.6 Å². The topological polar surface area (TPSA) is 55.9 Å². The number of rotatable bonds is 2. The minimum atomic E-state index is -0.218. The number of hydrogen-bond donors (Lipinski definition) is 1. The van der Waals surface area contributed by atoms with E-state index < -0.39 is 0 Å². The van der Waals surface area contributed by atoms with Gasteiger partial charge < -0.3 is 20.0 Å². The Hall–Kier alpha value is -1.95. The SMILES string of the molecule is CN1CCC2(CCN(C(=O)NC3CCN(c4ccc(Cl)cc4)C3)CC2)C1=O. The van der Waals surface area contributed by atoms with Crippen LogP contribution in [-0.4, -0.2) is 67.6 Å². The first-order valence-electron chi connectivity index (χ1n) is 9.78. The number of anilines is 1. The number of amides is 3. The van der Waals surface area contributed by atoms with Gasteiger partial charge in [-0.05, 0) is 49.9 Å². The van der Waals surface area contributed by atoms with E-state index in [1.807, 2.05) is 41.1 Å². The fraction of sp³-hybridized carbons (Fsp3) is 0.600. The maximum Gasteiger partial charge on any atom is 0.317 e. The summed E-state index contributed by atoms with van der Waals surface area (Å²) in [6, 6.07) is 8.00. The number of benzene rings is 1. The van der Waals surface area contributed by atoms with Crippen molar-refractivity contribution >= 4 is 29.2 Å². The largest absolute Gasteiger partial charge is 0.369 e. The number of carbonyl (C=O) groups is 2. The fourth-order valence-corrected chi connectivity index (χ4v) is 4.75. The van der Waals surface area contributed by atoms with Crippen LogP contribution in [0.15, 0.2) is 24.3 Å². The summed E-state index contributed by atoms with van der Waals surface area (Å²) < 4.78 is 0. The highest BCUT2D eigenvalue weighted by Gasteiger charge is 2.47. The molecule has 0 aromatic heterocycles. The van der Waals surface area contributed by atoms with E-state index in [-0.39, 0.29) is 23.4 Å². The maximum atomic E-state index is 12.7. The zero-order valence-corrected chi connectivity index (χ0v) is 16.5. The Morgan fingerprint density at radius 1 is 1.11 bits per heavy atom. The number of halogens is 1. The van der Waals surface area contributed by atoms with Crippen molar-refractivity contribution in [3.05, 3.63) is 29.3 Å². The standard InChI is InChI=1S/C20H27ClN4O2/c1-23-11-7-20(18(23)26)8-12-24(13-9-20)19(27)22-16-6-10-25(14-16)17-4-2-15(21)3-5-17/h2-5,16H,6-14H2,1H3,(H,22,27). The van der Waals surface area contributed by atoms with Crippen LogP contribution in [0.4, 0.5) is 10.5 Å². The Kier molecular flexibility index (Phi) is 4.93. The first-order chi connectivity index (χ1) is 13.0. The molecule has 3 aliphatic rings. The summed E-state index contributed by atoms with van der Waals surface area (Å²) in [5, 5.41) is 3.92. The van der Waals surface area contributed by atoms with E-state index in [2.05, 4.69) is 10.2 Å². The Bertz CT molecular complexity index is 715. The Morgan fingerprint density at radius 3 is 2.41 bits per heavy atom. The van der Waals surface area contributed by atoms with E-state index >= 15 is 0 Å². The van der Waals surface area contributed by atoms with Crippen molar-refractivity contribution in [3.63, 3.8) is 0 Å². The molecule has 0 bridgehead atoms. The smallest absolute Gasteiger partial charge is 0.317 e. The number of nitrogens with zero attached hydrogens (tertiary/aromatic N) is 3. The summed E-state index contributed by atoms with van der Waals surface area (Å²) in [7, 11) is 1.88. The summed E-state index contributed by atoms with van der Waals surface area (Å²) in [5.74, 6) is 0.261. The molecular formula is C20H27ClN4O2. The van der Waals surface area contributed by atoms with E-state index in [1.54, 1.807) is 0 Å². The molecule has 1 atom stereocenters. The monoisotopic (exact) mass is 390 g/mol. The van der Waals surface area contributed by atoms with Crippen molar-refractivity contribution in [2.45, 2.75) is 31.7 Å². The number of urea groups is 1. The molecule has 0 radical (unpaired) electrons. The molecule has 4 rings (SSSR count). The molecule has 1 unspecified atom stereocenters. The van der Waals surface area contributed by atoms with Gasteiger partial charge in [-0.2, -0.15) is 0 Å². The quantitative estimate of drug-likeness (QED) is 0.844. The highest BCUT2D eigenvalue weighted by Crippen LogP contribution is 2.40. The lowest BCUT2D eigenvalue weighted by atomic mass is 9.77. The van der Waals surface area contributed by atoms with E-state index in [0.29, 0.717) is 13.1 Å². The van der Waals surface area contributed by atoms with Gasteiger partial charge in [-0.3, -0.25) is 4.79 Å². The average molecular weight is 391 g/mol. The normalized spacial score (nSPS) is 24.7. The molecule has 3 saturated heterocycles. The fourth-order valence-electron chi connectivity index (χ4n) is 4.63. The van der Waals surface area contributed by atoms with E-state index in [9.17, 15) is 9.59 Å². The minimum Gasteiger partial charge on any atom is -0.369 e. The van der Waals surface area contributed by atoms with Crippen molar-refractivity contribution in [1.82, 2.24) is 15.1 Å². The number of likely N-dealkylation sites (tertiary alicyclic amines) is 2. The minimum absolute atomic E-state index is 0.00612. The molecule has 1 N–H and O–H groups in total. The molecule has 0 saturated carbocycles. The third-order valence-corrected chi connectivity index (χ3v) is 6.69. The molecule has 27 heavy (non-hydrogen) atoms. The predicted octanol–water partition coefficient (Wildman–Crippen LogP) is 2.57. The molecule has 3 heterocycles. The van der Waals surface area contributed by atoms with Crippen LogP contribution in [0.25, 0.3) is 0 Å². The molecule has 3 fully saturated rings. The maximum absolute atomic E-state index is 12.7. The van der Waals surface area contributed by atoms with Crippen molar-refractivity contribution in [1.29, 1.82) is 0 Å². The Morgan fingerprint density at radius 2 is 1.78 bits per heavy atom. The van der Waals surface area contributed by atoms with Gasteiger partial charge in [0.2, 0.25) is 5.91 Å². The lowest BCUT2D eigenvalue weighted by Gasteiger charge is -2.38. The average Bonchev–Trinajstić information content (AvgIpc) is 3.24. The molecular weight excluding hydrogens is 364 g/mol. The van der Waals surface area contributed by atoms with Gasteiger partial charge in [0, 0.05) is 56.5 Å². The van der Waals surface area contributed by atoms with Gasteiger partial charge in [0.1, 0.15) is 0 Å². The second-order valence-corrected chi connectivity index (χ2v) is 8.54. The van der Waals surface area contributed by atoms with Crippen molar-refractivity contribution in [2.24, 2.45) is 5.41 Å². The van der Waals surface area contributed by atoms with Crippen LogP contribution < -0.4 is 10.2 Å². The molecule has 7 heteroatoms. The van der Waals surface area contributed by atoms with Gasteiger partial charge in [-0.25, -0.2) is 4.79 Å². The highest BCUT2D eigenvalue weighted by atomic mass is 35.5. The van der Waals surface area contributed by atoms with E-state index in [1.165, 1.54) is 0 Å². The van der Waals surface area contributed by atoms with Crippen molar-refractivity contribution in [2.75, 3.05) is 44.7 Å². The van der Waals surface area contributed by atoms with Crippen molar-refractivity contribution < 1.29 is 9.59 Å². The number of hydrogen-bond acceptors (Lipinski definition) is 3. The van der Waals surface area contributed by atoms with Crippen LogP contribution in [-0.2, 0) is 4.79 Å². The van der Waals surface area contributed by atoms with Gasteiger partial charge in [-0.15, -0.1) is 0 Å². The number of piperidine rings is 1. The first kappa shape index (κ1) is 18.4. The van der Waals surface area contributed by atoms with Gasteiger partial charge in [0.25, 0.3) is 0 Å².